The minimum absolute atomic E-state index is 0.0926. The molecule has 98 heavy (non-hydrogen) atoms. The molecular formula is C95H109NO2. The van der Waals surface area contributed by atoms with Crippen molar-refractivity contribution in [2.45, 2.75) is 264 Å². The summed E-state index contributed by atoms with van der Waals surface area (Å²) < 4.78 is 14.1. The highest BCUT2D eigenvalue weighted by molar-refractivity contribution is 6.21. The summed E-state index contributed by atoms with van der Waals surface area (Å²) in [7, 11) is 0. The number of benzene rings is 9. The Hall–Kier alpha value is -7.62. The highest BCUT2D eigenvalue weighted by Gasteiger charge is 2.51. The van der Waals surface area contributed by atoms with E-state index in [0.29, 0.717) is 0 Å². The van der Waals surface area contributed by atoms with Crippen molar-refractivity contribution in [3.63, 3.8) is 0 Å². The Morgan fingerprint density at radius 2 is 0.765 bits per heavy atom. The molecule has 0 N–H and O–H groups in total. The molecule has 0 saturated carbocycles. The van der Waals surface area contributed by atoms with Crippen LogP contribution in [0.4, 0.5) is 17.1 Å². The Morgan fingerprint density at radius 1 is 0.316 bits per heavy atom. The predicted octanol–water partition coefficient (Wildman–Crippen LogP) is 29.4. The maximum atomic E-state index is 7.14. The molecule has 0 radical (unpaired) electrons. The van der Waals surface area contributed by atoms with Gasteiger partial charge in [-0.05, 0) is 182 Å². The fourth-order valence-corrected chi connectivity index (χ4v) is 20.0. The van der Waals surface area contributed by atoms with Gasteiger partial charge in [0.05, 0.1) is 0 Å². The molecule has 0 spiro atoms. The second-order valence-corrected chi connectivity index (χ2v) is 31.8. The van der Waals surface area contributed by atoms with Crippen molar-refractivity contribution in [2.24, 2.45) is 0 Å². The molecule has 9 aromatic carbocycles. The Labute approximate surface area is 587 Å². The second kappa shape index (κ2) is 27.5. The van der Waals surface area contributed by atoms with E-state index >= 15 is 0 Å². The van der Waals surface area contributed by atoms with Crippen molar-refractivity contribution in [3.8, 4) is 44.5 Å². The summed E-state index contributed by atoms with van der Waals surface area (Å²) in [6, 6.07) is 62.2. The van der Waals surface area contributed by atoms with Crippen LogP contribution in [0, 0.1) is 6.92 Å². The molecular weight excluding hydrogens is 1190 g/mol. The van der Waals surface area contributed by atoms with Crippen molar-refractivity contribution in [2.75, 3.05) is 4.90 Å². The molecule has 0 aliphatic heterocycles. The number of fused-ring (bicyclic) bond motifs is 22. The maximum absolute atomic E-state index is 7.14. The Balaban J connectivity index is 0.936. The lowest BCUT2D eigenvalue weighted by Gasteiger charge is -2.35. The zero-order chi connectivity index (χ0) is 67.3. The first-order valence-corrected chi connectivity index (χ1v) is 39.3. The Morgan fingerprint density at radius 3 is 1.38 bits per heavy atom. The second-order valence-electron chi connectivity index (χ2n) is 31.8. The molecule has 2 heterocycles. The van der Waals surface area contributed by atoms with Gasteiger partial charge in [0.15, 0.2) is 0 Å². The van der Waals surface area contributed by atoms with E-state index in [9.17, 15) is 0 Å². The standard InChI is InChI=1S/C95H109NO2/c1-10-14-18-22-26-38-56-94(57-39-27-23-19-15-11-2)75-54-55-83-85(70-44-32-36-48-81(70)97-83)84(75)73-63-78-72(62-79(73)94)67-52-50-66(61-77(67)95(78,58-40-28-24-20-16-12-3)59-41-29-25-21-17-13-4)96(80-47-35-30-42-64(80)5)65-51-53-69-76(60-65)93(8,9)89-86(69)87-71-45-33-37-49-82(71)98-91(87)88-68-43-31-34-46-74(68)92(6,7)90(88)89/h30-37,42-55,60-63H,10-29,38-41,56-59H2,1-9H3. The van der Waals surface area contributed by atoms with Crippen molar-refractivity contribution >= 4 is 60.9 Å². The van der Waals surface area contributed by atoms with Gasteiger partial charge in [-0.1, -0.05) is 307 Å². The van der Waals surface area contributed by atoms with Crippen LogP contribution in [0.1, 0.15) is 285 Å². The van der Waals surface area contributed by atoms with Crippen LogP contribution in [0.5, 0.6) is 0 Å². The van der Waals surface area contributed by atoms with E-state index in [2.05, 4.69) is 225 Å². The topological polar surface area (TPSA) is 29.5 Å². The third-order valence-corrected chi connectivity index (χ3v) is 24.9. The van der Waals surface area contributed by atoms with Crippen molar-refractivity contribution < 1.29 is 8.83 Å². The number of furan rings is 2. The van der Waals surface area contributed by atoms with Crippen LogP contribution in [0.25, 0.3) is 88.4 Å². The van der Waals surface area contributed by atoms with Gasteiger partial charge in [-0.2, -0.15) is 0 Å². The Bertz CT molecular complexity index is 4710. The van der Waals surface area contributed by atoms with Gasteiger partial charge >= 0.3 is 0 Å². The van der Waals surface area contributed by atoms with Crippen molar-refractivity contribution in [3.05, 3.63) is 208 Å². The normalized spacial score (nSPS) is 15.2. The number of nitrogens with zero attached hydrogens (tertiary/aromatic N) is 1. The lowest BCUT2D eigenvalue weighted by atomic mass is 9.68. The number of anilines is 3. The zero-order valence-corrected chi connectivity index (χ0v) is 61.1. The number of unbranched alkanes of at least 4 members (excludes halogenated alkanes) is 20. The summed E-state index contributed by atoms with van der Waals surface area (Å²) in [6.07, 6.45) is 35.7. The quantitative estimate of drug-likeness (QED) is 0.0406. The minimum Gasteiger partial charge on any atom is -0.456 e. The number of hydrogen-bond acceptors (Lipinski definition) is 3. The molecule has 0 fully saturated rings. The average Bonchev–Trinajstić information content (AvgIpc) is 1.51. The molecule has 3 heteroatoms. The third-order valence-electron chi connectivity index (χ3n) is 24.9. The lowest BCUT2D eigenvalue weighted by Crippen LogP contribution is -2.27. The molecule has 4 aliphatic rings. The van der Waals surface area contributed by atoms with Crippen LogP contribution >= 0.6 is 0 Å². The first-order valence-electron chi connectivity index (χ1n) is 39.3. The molecule has 0 saturated heterocycles. The number of aryl methyl sites for hydroxylation is 1. The predicted molar refractivity (Wildman–Crippen MR) is 420 cm³/mol. The maximum Gasteiger partial charge on any atom is 0.144 e. The van der Waals surface area contributed by atoms with Gasteiger partial charge in [-0.15, -0.1) is 0 Å². The SMILES string of the molecule is CCCCCCCCC1(CCCCCCCC)c2cc(N(c3ccc4c(c3)C(C)(C)c3c5c(c6oc7ccccc7c6c3-4)-c3ccccc3C5(C)C)c3ccccc3C)ccc2-c2cc3c(cc21)-c1c(ccc2oc4ccccc4c12)C3(CCCCCCCC)CCCCCCCC. The fraction of sp³-hybridized carbons (Fsp3) is 0.432. The summed E-state index contributed by atoms with van der Waals surface area (Å²) in [4.78, 5) is 2.66. The molecule has 11 aromatic rings. The van der Waals surface area contributed by atoms with E-state index in [1.807, 2.05) is 0 Å². The lowest BCUT2D eigenvalue weighted by molar-refractivity contribution is 0.394. The van der Waals surface area contributed by atoms with E-state index < -0.39 is 0 Å². The highest BCUT2D eigenvalue weighted by Crippen LogP contribution is 2.66. The first-order chi connectivity index (χ1) is 47.9. The van der Waals surface area contributed by atoms with Gasteiger partial charge in [0, 0.05) is 65.8 Å². The molecule has 0 amide bonds. The molecule has 2 aromatic heterocycles. The minimum atomic E-state index is -0.330. The van der Waals surface area contributed by atoms with E-state index in [1.165, 1.54) is 278 Å². The molecule has 3 nitrogen and oxygen atoms in total. The molecule has 0 bridgehead atoms. The van der Waals surface area contributed by atoms with E-state index in [4.69, 9.17) is 8.83 Å². The van der Waals surface area contributed by atoms with Crippen LogP contribution < -0.4 is 4.90 Å². The summed E-state index contributed by atoms with van der Waals surface area (Å²) in [5, 5.41) is 5.04. The molecule has 0 atom stereocenters. The van der Waals surface area contributed by atoms with Crippen molar-refractivity contribution in [1.82, 2.24) is 0 Å². The number of para-hydroxylation sites is 3. The number of hydrogen-bond donors (Lipinski definition) is 0. The highest BCUT2D eigenvalue weighted by atomic mass is 16.3. The van der Waals surface area contributed by atoms with Gasteiger partial charge in [-0.3, -0.25) is 0 Å². The van der Waals surface area contributed by atoms with Gasteiger partial charge < -0.3 is 13.7 Å². The van der Waals surface area contributed by atoms with Gasteiger partial charge in [0.2, 0.25) is 0 Å². The van der Waals surface area contributed by atoms with Crippen LogP contribution in [-0.4, -0.2) is 0 Å². The van der Waals surface area contributed by atoms with Gasteiger partial charge in [0.1, 0.15) is 22.3 Å². The summed E-state index contributed by atoms with van der Waals surface area (Å²) in [5.41, 5.74) is 31.3. The van der Waals surface area contributed by atoms with Crippen molar-refractivity contribution in [1.29, 1.82) is 0 Å². The van der Waals surface area contributed by atoms with Crippen LogP contribution in [0.3, 0.4) is 0 Å². The summed E-state index contributed by atoms with van der Waals surface area (Å²) in [6.45, 7) is 21.7. The van der Waals surface area contributed by atoms with Crippen LogP contribution in [0.2, 0.25) is 0 Å². The first kappa shape index (κ1) is 66.3. The zero-order valence-electron chi connectivity index (χ0n) is 61.1. The molecule has 0 unspecified atom stereocenters. The summed E-state index contributed by atoms with van der Waals surface area (Å²) in [5.74, 6) is 0. The molecule has 15 rings (SSSR count). The fourth-order valence-electron chi connectivity index (χ4n) is 20.0. The van der Waals surface area contributed by atoms with Crippen LogP contribution in [0.15, 0.2) is 167 Å². The molecule has 4 aliphatic carbocycles. The van der Waals surface area contributed by atoms with Crippen LogP contribution in [-0.2, 0) is 21.7 Å². The van der Waals surface area contributed by atoms with E-state index in [-0.39, 0.29) is 21.7 Å². The number of rotatable bonds is 31. The van der Waals surface area contributed by atoms with E-state index in [0.717, 1.165) is 35.2 Å². The largest absolute Gasteiger partial charge is 0.456 e. The monoisotopic (exact) mass is 1300 g/mol. The Kier molecular flexibility index (Phi) is 18.6. The van der Waals surface area contributed by atoms with E-state index in [1.54, 1.807) is 22.3 Å². The van der Waals surface area contributed by atoms with Gasteiger partial charge in [0.25, 0.3) is 0 Å². The summed E-state index contributed by atoms with van der Waals surface area (Å²) >= 11 is 0. The third kappa shape index (κ3) is 11.0. The molecule has 506 valence electrons. The van der Waals surface area contributed by atoms with Gasteiger partial charge in [-0.25, -0.2) is 0 Å². The average molecular weight is 1300 g/mol. The smallest absolute Gasteiger partial charge is 0.144 e.